The number of carboxylic acid groups (broad SMARTS) is 3. The van der Waals surface area contributed by atoms with Crippen LogP contribution in [-0.2, 0) is 47.5 Å². The van der Waals surface area contributed by atoms with Crippen LogP contribution in [0.4, 0.5) is 31.8 Å². The van der Waals surface area contributed by atoms with Gasteiger partial charge in [-0.15, -0.1) is 0 Å². The average Bonchev–Trinajstić information content (AvgIpc) is 1.57. The van der Waals surface area contributed by atoms with E-state index in [0.717, 1.165) is 29.5 Å². The predicted octanol–water partition coefficient (Wildman–Crippen LogP) is 7.80. The Hall–Kier alpha value is -11.3. The molecule has 9 fully saturated rings. The summed E-state index contributed by atoms with van der Waals surface area (Å²) in [5, 5.41) is 47.9. The first kappa shape index (κ1) is 74.8. The summed E-state index contributed by atoms with van der Waals surface area (Å²) < 4.78 is 50.3. The van der Waals surface area contributed by atoms with Gasteiger partial charge in [0.2, 0.25) is 0 Å². The van der Waals surface area contributed by atoms with Gasteiger partial charge < -0.3 is 78.9 Å². The Balaban J connectivity index is 0.000000127. The van der Waals surface area contributed by atoms with Crippen molar-refractivity contribution in [2.45, 2.75) is 133 Å². The zero-order valence-corrected chi connectivity index (χ0v) is 61.1. The molecule has 9 aliphatic rings. The third kappa shape index (κ3) is 15.7. The Kier molecular flexibility index (Phi) is 21.7. The summed E-state index contributed by atoms with van der Waals surface area (Å²) in [6.07, 6.45) is 15.6. The van der Waals surface area contributed by atoms with Gasteiger partial charge in [0.15, 0.2) is 76.0 Å². The Bertz CT molecular complexity index is 4980. The van der Waals surface area contributed by atoms with Crippen molar-refractivity contribution in [2.75, 3.05) is 48.7 Å². The van der Waals surface area contributed by atoms with Gasteiger partial charge in [-0.25, -0.2) is 59.2 Å². The molecule has 35 nitrogen and oxygen atoms in total. The molecule has 18 rings (SSSR count). The predicted molar refractivity (Wildman–Crippen MR) is 400 cm³/mol. The van der Waals surface area contributed by atoms with E-state index in [2.05, 4.69) is 82.1 Å². The number of ether oxygens (including phenoxy) is 7. The van der Waals surface area contributed by atoms with Gasteiger partial charge in [0.25, 0.3) is 0 Å². The maximum atomic E-state index is 12.1. The summed E-state index contributed by atoms with van der Waals surface area (Å²) in [6.45, 7) is 8.28. The van der Waals surface area contributed by atoms with Crippen molar-refractivity contribution in [3.05, 3.63) is 158 Å². The number of nitrogens with one attached hydrogen (secondary N) is 7. The fraction of sp³-hybridized carbons (Fsp3) is 0.442. The molecule has 6 amide bonds. The highest BCUT2D eigenvalue weighted by molar-refractivity contribution is 5.97. The summed E-state index contributed by atoms with van der Waals surface area (Å²) >= 11 is 0. The highest BCUT2D eigenvalue weighted by atomic mass is 16.8. The van der Waals surface area contributed by atoms with Gasteiger partial charge in [0.1, 0.15) is 43.4 Å². The molecule has 112 heavy (non-hydrogen) atoms. The third-order valence-electron chi connectivity index (χ3n) is 22.0. The molecule has 6 aromatic heterocycles. The van der Waals surface area contributed by atoms with Crippen molar-refractivity contribution in [2.24, 2.45) is 47.3 Å². The first-order valence-electron chi connectivity index (χ1n) is 37.8. The second-order valence-electron chi connectivity index (χ2n) is 29.0. The van der Waals surface area contributed by atoms with E-state index < -0.39 is 73.3 Å². The fourth-order valence-corrected chi connectivity index (χ4v) is 16.4. The number of carbonyl (C=O) groups is 6. The van der Waals surface area contributed by atoms with Gasteiger partial charge in [0.05, 0.1) is 67.1 Å². The zero-order valence-electron chi connectivity index (χ0n) is 61.1. The number of anilines is 3. The van der Waals surface area contributed by atoms with Crippen LogP contribution in [0.2, 0.25) is 0 Å². The highest BCUT2D eigenvalue weighted by Crippen LogP contribution is 2.57. The summed E-state index contributed by atoms with van der Waals surface area (Å²) in [5.74, 6) is -2.19. The monoisotopic (exact) mass is 1530 g/mol. The number of aromatic nitrogens is 12. The van der Waals surface area contributed by atoms with Crippen molar-refractivity contribution in [1.29, 1.82) is 0 Å². The lowest BCUT2D eigenvalue weighted by atomic mass is 9.97. The molecule has 584 valence electrons. The molecule has 35 heteroatoms. The Labute approximate surface area is 640 Å². The van der Waals surface area contributed by atoms with E-state index >= 15 is 0 Å². The fourth-order valence-electron chi connectivity index (χ4n) is 16.4. The second kappa shape index (κ2) is 32.6. The molecule has 9 aromatic rings. The summed E-state index contributed by atoms with van der Waals surface area (Å²) in [6, 6.07) is 28.1. The number of hydrogen-bond acceptors (Lipinski definition) is 23. The van der Waals surface area contributed by atoms with Crippen molar-refractivity contribution < 1.29 is 77.2 Å². The van der Waals surface area contributed by atoms with Gasteiger partial charge in [-0.1, -0.05) is 103 Å². The van der Waals surface area contributed by atoms with E-state index in [0.29, 0.717) is 97.1 Å². The lowest BCUT2D eigenvalue weighted by Crippen LogP contribution is -2.33. The molecule has 4 saturated heterocycles. The number of aliphatic carboxylic acids is 3. The number of imidazole rings is 3. The molecule has 10 heterocycles. The Morgan fingerprint density at radius 2 is 0.848 bits per heavy atom. The van der Waals surface area contributed by atoms with Crippen LogP contribution in [0.3, 0.4) is 0 Å². The van der Waals surface area contributed by atoms with Crippen LogP contribution in [0.25, 0.3) is 45.6 Å². The number of nitrogens with zero attached hydrogens (tertiary/aromatic N) is 12. The smallest absolute Gasteiger partial charge is 0.320 e. The van der Waals surface area contributed by atoms with Crippen LogP contribution in [0.5, 0.6) is 0 Å². The van der Waals surface area contributed by atoms with Crippen molar-refractivity contribution in [3.63, 3.8) is 0 Å². The molecule has 18 unspecified atom stereocenters. The average molecular weight is 1530 g/mol. The number of fused-ring (bicyclic) bond motifs is 6. The molecular weight excluding hydrogens is 1450 g/mol. The van der Waals surface area contributed by atoms with Crippen molar-refractivity contribution in [1.82, 2.24) is 79.8 Å². The van der Waals surface area contributed by atoms with Crippen LogP contribution < -0.4 is 37.2 Å². The molecule has 5 saturated carbocycles. The summed E-state index contributed by atoms with van der Waals surface area (Å²) in [5.41, 5.74) is 5.97. The number of urea groups is 3. The lowest BCUT2D eigenvalue weighted by Gasteiger charge is -2.21. The first-order chi connectivity index (χ1) is 54.6. The summed E-state index contributed by atoms with van der Waals surface area (Å²) in [7, 11) is 0. The molecule has 0 bridgehead atoms. The minimum absolute atomic E-state index is 0.0402. The van der Waals surface area contributed by atoms with Crippen LogP contribution in [-0.4, -0.2) is 198 Å². The van der Waals surface area contributed by atoms with Crippen LogP contribution in [0.15, 0.2) is 141 Å². The molecule has 21 atom stereocenters. The Morgan fingerprint density at radius 1 is 0.420 bits per heavy atom. The minimum Gasteiger partial charge on any atom is -0.481 e. The van der Waals surface area contributed by atoms with E-state index in [1.54, 1.807) is 23.5 Å². The van der Waals surface area contributed by atoms with Gasteiger partial charge in [-0.3, -0.25) is 34.9 Å². The van der Waals surface area contributed by atoms with Crippen molar-refractivity contribution in [3.8, 4) is 0 Å². The van der Waals surface area contributed by atoms with Crippen molar-refractivity contribution >= 4 is 99.1 Å². The standard InChI is InChI=1S/C28H33N7O5.C26H28N6O5.C23H24N6O6/c1-2-30-28(38)34-25-22-26(32-14-31-25)35(15-33-22)20-11-18(13-29-12-17-10-19(17)27(36)37)23-24(20)40-21(39-23)9-8-16-6-4-3-5-7-16;1-2-27-26(35)31-23-20-24(29-12-28-23)32(13-30-20)18-11-16(15-10-17(15)25(33)34)21-22(18)37-19(36-21)9-8-14-6-4-3-5-7-14;1-2-24-23(32)28-18-14-19(26-9-25-18)29(10-27-14)20-17-16(15(33-20)12-8-13(12)21(30)31)34-22(35-17)11-6-4-3-5-7-11/h3-9,14-15,17-21,23-24,29H,2,10-13H2,1H3,(H,36,37)(H2,30,31,32,34,38);3-9,12-13,15-19,21-22H,2,10-11H2,1H3,(H,33,34)(H2,27,28,29,31,35);3-7,9-10,12-13,15-17,20,22H,2,8H2,1H3,(H,30,31)(H2,24,25,26,28,32)/b2*9-8+;/t17?,18?,19?,20?,21-,23?,24?;15?,16?,17?,18?,19-,21?,22?;12?,13?,15?,16?,17?,20?,22-/m000/s1. The molecule has 3 aromatic carbocycles. The molecular formula is C77H85N19O16. The Morgan fingerprint density at radius 3 is 1.34 bits per heavy atom. The maximum Gasteiger partial charge on any atom is 0.320 e. The van der Waals surface area contributed by atoms with Crippen LogP contribution >= 0.6 is 0 Å². The quantitative estimate of drug-likeness (QED) is 0.0292. The van der Waals surface area contributed by atoms with Gasteiger partial charge >= 0.3 is 36.0 Å². The van der Waals surface area contributed by atoms with E-state index in [1.807, 2.05) is 145 Å². The third-order valence-corrected chi connectivity index (χ3v) is 22.0. The van der Waals surface area contributed by atoms with E-state index in [1.165, 1.54) is 19.0 Å². The number of carboxylic acids is 3. The van der Waals surface area contributed by atoms with Gasteiger partial charge in [0, 0.05) is 43.6 Å². The second-order valence-corrected chi connectivity index (χ2v) is 29.0. The number of carbonyl (C=O) groups excluding carboxylic acids is 3. The van der Waals surface area contributed by atoms with Crippen LogP contribution in [0, 0.1) is 47.3 Å². The van der Waals surface area contributed by atoms with E-state index in [-0.39, 0.29) is 95.8 Å². The minimum atomic E-state index is -0.834. The molecule has 10 N–H and O–H groups in total. The SMILES string of the molecule is CCNC(=O)Nc1ncnc2c1ncn2C1CC(C2CC2C(=O)O)C2O[C@H](/C=C/c3ccccc3)OC21.CCNC(=O)Nc1ncnc2c1ncn2C1CC(CNCC2CC2C(=O)O)C2O[C@H](/C=C/c3ccccc3)OC21.CCNC(=O)Nc1ncnc2c1ncn2C1OC(C2CC2C(=O)O)C2O[C@H](c3ccccc3)OC21. The number of amides is 6. The van der Waals surface area contributed by atoms with Crippen LogP contribution in [0.1, 0.15) is 94.2 Å². The molecule has 0 spiro atoms. The number of benzene rings is 3. The molecule has 5 aliphatic carbocycles. The normalized spacial score (nSPS) is 30.2. The first-order valence-corrected chi connectivity index (χ1v) is 37.8. The van der Waals surface area contributed by atoms with E-state index in [4.69, 9.17) is 33.2 Å². The zero-order chi connectivity index (χ0) is 77.3. The maximum absolute atomic E-state index is 12.1. The summed E-state index contributed by atoms with van der Waals surface area (Å²) in [4.78, 5) is 110. The lowest BCUT2D eigenvalue weighted by molar-refractivity contribution is -0.154. The van der Waals surface area contributed by atoms with Gasteiger partial charge in [-0.2, -0.15) is 0 Å². The highest BCUT2D eigenvalue weighted by Gasteiger charge is 2.63. The number of rotatable bonds is 23. The molecule has 0 radical (unpaired) electrons. The van der Waals surface area contributed by atoms with Gasteiger partial charge in [-0.05, 0) is 100 Å². The van der Waals surface area contributed by atoms with E-state index in [9.17, 15) is 44.1 Å². The number of hydrogen-bond donors (Lipinski definition) is 10. The topological polar surface area (TPSA) is 443 Å². The molecule has 4 aliphatic heterocycles. The largest absolute Gasteiger partial charge is 0.481 e.